The SMILES string of the molecule is CC(=O)Nc1cccc2cc(S(=O)(=O)O)c(N=Nc3ccc(-c4ccc(N=Nc5c(S(=O)(=O)O)cc6cccc(S(=O)(=O)O)c6c5O)c(O)c4)cc3O)c(O)c12. The fourth-order valence-electron chi connectivity index (χ4n) is 5.64. The Morgan fingerprint density at radius 2 is 0.964 bits per heavy atom. The van der Waals surface area contributed by atoms with E-state index in [4.69, 9.17) is 0 Å². The Labute approximate surface area is 315 Å². The van der Waals surface area contributed by atoms with Crippen molar-refractivity contribution in [2.75, 3.05) is 5.32 Å². The van der Waals surface area contributed by atoms with Crippen LogP contribution in [0.5, 0.6) is 23.0 Å². The van der Waals surface area contributed by atoms with Crippen molar-refractivity contribution in [2.24, 2.45) is 20.5 Å². The summed E-state index contributed by atoms with van der Waals surface area (Å²) in [5.41, 5.74) is -1.51. The Hall–Kier alpha value is -6.56. The molecule has 0 fully saturated rings. The number of hydrogen-bond acceptors (Lipinski definition) is 15. The van der Waals surface area contributed by atoms with Gasteiger partial charge in [-0.1, -0.05) is 36.4 Å². The van der Waals surface area contributed by atoms with Crippen molar-refractivity contribution in [2.45, 2.75) is 21.6 Å². The topological polar surface area (TPSA) is 323 Å². The molecule has 0 aliphatic carbocycles. The van der Waals surface area contributed by atoms with Gasteiger partial charge in [0.25, 0.3) is 30.4 Å². The first-order chi connectivity index (χ1) is 26.1. The standard InChI is InChI=1S/C34H25N5O14S3/c1-16(40)35-23-6-2-4-19-14-27(55(48,49)50)31(33(43)29(19)23)38-36-21-10-8-17(12-24(21)41)18-9-11-22(25(42)13-18)37-39-32-28(56(51,52)53)15-20-5-3-7-26(54(45,46)47)30(20)34(32)44/h2-15,41-44H,1H3,(H,35,40)(H,45,46,47)(H,48,49,50)(H,51,52,53). The van der Waals surface area contributed by atoms with E-state index in [0.29, 0.717) is 0 Å². The second kappa shape index (κ2) is 14.3. The van der Waals surface area contributed by atoms with E-state index in [9.17, 15) is 64.1 Å². The van der Waals surface area contributed by atoms with Crippen LogP contribution in [-0.2, 0) is 35.1 Å². The minimum absolute atomic E-state index is 0.00867. The first-order valence-electron chi connectivity index (χ1n) is 15.4. The van der Waals surface area contributed by atoms with E-state index in [1.54, 1.807) is 0 Å². The summed E-state index contributed by atoms with van der Waals surface area (Å²) in [5, 5.41) is 60.4. The molecule has 0 aromatic heterocycles. The molecule has 0 aliphatic rings. The highest BCUT2D eigenvalue weighted by Gasteiger charge is 2.27. The molecule has 0 bridgehead atoms. The second-order valence-electron chi connectivity index (χ2n) is 11.8. The van der Waals surface area contributed by atoms with Gasteiger partial charge in [0.05, 0.1) is 5.69 Å². The summed E-state index contributed by atoms with van der Waals surface area (Å²) in [6.45, 7) is 1.22. The average Bonchev–Trinajstić information content (AvgIpc) is 3.09. The van der Waals surface area contributed by atoms with Crippen molar-refractivity contribution in [1.82, 2.24) is 0 Å². The molecule has 56 heavy (non-hydrogen) atoms. The van der Waals surface area contributed by atoms with Crippen LogP contribution in [0.1, 0.15) is 6.92 Å². The van der Waals surface area contributed by atoms with Gasteiger partial charge in [-0.3, -0.25) is 18.5 Å². The van der Waals surface area contributed by atoms with Crippen LogP contribution in [0.25, 0.3) is 32.7 Å². The molecule has 0 saturated carbocycles. The van der Waals surface area contributed by atoms with Crippen molar-refractivity contribution in [3.8, 4) is 34.1 Å². The molecule has 19 nitrogen and oxygen atoms in total. The van der Waals surface area contributed by atoms with Crippen molar-refractivity contribution in [1.29, 1.82) is 0 Å². The van der Waals surface area contributed by atoms with Gasteiger partial charge in [0.2, 0.25) is 5.91 Å². The molecule has 0 unspecified atom stereocenters. The molecule has 0 heterocycles. The number of carbonyl (C=O) groups is 1. The minimum Gasteiger partial charge on any atom is -0.506 e. The molecular weight excluding hydrogens is 799 g/mol. The summed E-state index contributed by atoms with van der Waals surface area (Å²) in [4.78, 5) is 9.14. The van der Waals surface area contributed by atoms with E-state index < -0.39 is 90.7 Å². The van der Waals surface area contributed by atoms with Gasteiger partial charge in [0, 0.05) is 17.7 Å². The lowest BCUT2D eigenvalue weighted by molar-refractivity contribution is -0.114. The third-order valence-electron chi connectivity index (χ3n) is 8.06. The first-order valence-corrected chi connectivity index (χ1v) is 19.7. The maximum Gasteiger partial charge on any atom is 0.296 e. The lowest BCUT2D eigenvalue weighted by atomic mass is 10.0. The molecular formula is C34H25N5O14S3. The van der Waals surface area contributed by atoms with Crippen LogP contribution in [0, 0.1) is 0 Å². The number of anilines is 1. The summed E-state index contributed by atoms with van der Waals surface area (Å²) in [7, 11) is -15.0. The Morgan fingerprint density at radius 3 is 1.39 bits per heavy atom. The molecule has 6 rings (SSSR count). The number of fused-ring (bicyclic) bond motifs is 2. The van der Waals surface area contributed by atoms with Gasteiger partial charge in [-0.25, -0.2) is 0 Å². The number of benzene rings is 6. The fourth-order valence-corrected chi connectivity index (χ4v) is 7.68. The van der Waals surface area contributed by atoms with E-state index >= 15 is 0 Å². The molecule has 22 heteroatoms. The molecule has 6 aromatic rings. The number of nitrogens with one attached hydrogen (secondary N) is 1. The number of phenolic OH excluding ortho intramolecular Hbond substituents is 4. The molecule has 1 amide bonds. The van der Waals surface area contributed by atoms with Gasteiger partial charge in [-0.05, 0) is 70.4 Å². The highest BCUT2D eigenvalue weighted by atomic mass is 32.2. The lowest BCUT2D eigenvalue weighted by Crippen LogP contribution is -2.06. The van der Waals surface area contributed by atoms with Gasteiger partial charge in [-0.2, -0.15) is 25.3 Å². The summed E-state index contributed by atoms with van der Waals surface area (Å²) < 4.78 is 102. The summed E-state index contributed by atoms with van der Waals surface area (Å²) >= 11 is 0. The van der Waals surface area contributed by atoms with Gasteiger partial charge in [-0.15, -0.1) is 20.5 Å². The van der Waals surface area contributed by atoms with E-state index in [0.717, 1.165) is 30.3 Å². The van der Waals surface area contributed by atoms with E-state index in [-0.39, 0.29) is 44.3 Å². The molecule has 0 saturated heterocycles. The predicted molar refractivity (Wildman–Crippen MR) is 199 cm³/mol. The zero-order valence-electron chi connectivity index (χ0n) is 28.1. The van der Waals surface area contributed by atoms with Crippen molar-refractivity contribution in [3.63, 3.8) is 0 Å². The van der Waals surface area contributed by atoms with Crippen LogP contribution in [0.4, 0.5) is 28.4 Å². The number of nitrogens with zero attached hydrogens (tertiary/aromatic N) is 4. The number of phenols is 4. The highest BCUT2D eigenvalue weighted by Crippen LogP contribution is 2.46. The Morgan fingerprint density at radius 1 is 0.536 bits per heavy atom. The van der Waals surface area contributed by atoms with Crippen molar-refractivity contribution in [3.05, 3.63) is 84.9 Å². The van der Waals surface area contributed by atoms with E-state index in [2.05, 4.69) is 25.8 Å². The monoisotopic (exact) mass is 823 g/mol. The van der Waals surface area contributed by atoms with Crippen LogP contribution >= 0.6 is 0 Å². The molecule has 288 valence electrons. The smallest absolute Gasteiger partial charge is 0.296 e. The molecule has 0 aliphatic heterocycles. The maximum atomic E-state index is 12.2. The van der Waals surface area contributed by atoms with Crippen LogP contribution in [0.15, 0.2) is 120 Å². The molecule has 8 N–H and O–H groups in total. The highest BCUT2D eigenvalue weighted by molar-refractivity contribution is 7.86. The van der Waals surface area contributed by atoms with Gasteiger partial charge in [0.15, 0.2) is 11.5 Å². The Balaban J connectivity index is 1.34. The quantitative estimate of drug-likeness (QED) is 0.0537. The lowest BCUT2D eigenvalue weighted by Gasteiger charge is -2.12. The number of azo groups is 2. The fraction of sp³-hybridized carbons (Fsp3) is 0.0294. The second-order valence-corrected chi connectivity index (χ2v) is 16.0. The van der Waals surface area contributed by atoms with Crippen LogP contribution in [0.3, 0.4) is 0 Å². The summed E-state index contributed by atoms with van der Waals surface area (Å²) in [6, 6.07) is 17.0. The van der Waals surface area contributed by atoms with E-state index in [1.165, 1.54) is 61.5 Å². The van der Waals surface area contributed by atoms with Crippen molar-refractivity contribution >= 4 is 86.2 Å². The Kier molecular flexibility index (Phi) is 9.97. The third-order valence-corrected chi connectivity index (χ3v) is 10.7. The third kappa shape index (κ3) is 7.68. The number of rotatable bonds is 9. The zero-order valence-corrected chi connectivity index (χ0v) is 30.5. The van der Waals surface area contributed by atoms with Crippen LogP contribution in [-0.4, -0.2) is 65.2 Å². The van der Waals surface area contributed by atoms with Gasteiger partial charge < -0.3 is 25.7 Å². The minimum atomic E-state index is -5.10. The summed E-state index contributed by atoms with van der Waals surface area (Å²) in [5.74, 6) is -3.40. The van der Waals surface area contributed by atoms with Crippen LogP contribution in [0.2, 0.25) is 0 Å². The normalized spacial score (nSPS) is 12.6. The average molecular weight is 824 g/mol. The molecule has 0 spiro atoms. The molecule has 0 radical (unpaired) electrons. The van der Waals surface area contributed by atoms with E-state index in [1.807, 2.05) is 0 Å². The number of hydrogen-bond donors (Lipinski definition) is 8. The zero-order chi connectivity index (χ0) is 40.9. The largest absolute Gasteiger partial charge is 0.506 e. The van der Waals surface area contributed by atoms with Crippen molar-refractivity contribution < 1.29 is 64.1 Å². The van der Waals surface area contributed by atoms with Crippen LogP contribution < -0.4 is 5.32 Å². The molecule has 0 atom stereocenters. The summed E-state index contributed by atoms with van der Waals surface area (Å²) in [6.07, 6.45) is 0. The van der Waals surface area contributed by atoms with Gasteiger partial charge >= 0.3 is 0 Å². The number of carbonyl (C=O) groups excluding carboxylic acids is 1. The Bertz CT molecular complexity index is 3060. The number of amides is 1. The van der Waals surface area contributed by atoms with Gasteiger partial charge in [0.1, 0.15) is 48.9 Å². The predicted octanol–water partition coefficient (Wildman–Crippen LogP) is 7.01. The maximum absolute atomic E-state index is 12.2. The molecule has 6 aromatic carbocycles. The first kappa shape index (κ1) is 39.1. The number of aromatic hydroxyl groups is 4.